The normalized spacial score (nSPS) is 33.3. The molecule has 0 aromatic heterocycles. The summed E-state index contributed by atoms with van der Waals surface area (Å²) in [7, 11) is 1.94. The van der Waals surface area contributed by atoms with Gasteiger partial charge >= 0.3 is 6.09 Å². The van der Waals surface area contributed by atoms with Crippen molar-refractivity contribution in [1.29, 1.82) is 0 Å². The van der Waals surface area contributed by atoms with E-state index in [1.54, 1.807) is 4.90 Å². The molecule has 1 saturated heterocycles. The second-order valence-electron chi connectivity index (χ2n) is 5.41. The van der Waals surface area contributed by atoms with Crippen molar-refractivity contribution in [2.75, 3.05) is 20.1 Å². The van der Waals surface area contributed by atoms with E-state index < -0.39 is 6.09 Å². The van der Waals surface area contributed by atoms with Crippen LogP contribution in [0.3, 0.4) is 0 Å². The first-order valence-electron chi connectivity index (χ1n) is 6.38. The van der Waals surface area contributed by atoms with E-state index in [9.17, 15) is 9.90 Å². The van der Waals surface area contributed by atoms with Crippen LogP contribution in [0.15, 0.2) is 30.3 Å². The van der Waals surface area contributed by atoms with Gasteiger partial charge in [0, 0.05) is 18.5 Å². The molecule has 2 aliphatic rings. The number of carboxylic acid groups (broad SMARTS) is 1. The predicted molar refractivity (Wildman–Crippen MR) is 68.4 cm³/mol. The number of nitrogens with zero attached hydrogens (tertiary/aromatic N) is 1. The summed E-state index contributed by atoms with van der Waals surface area (Å²) in [6.45, 7) is 1.57. The van der Waals surface area contributed by atoms with E-state index in [0.717, 1.165) is 18.5 Å². The Kier molecular flexibility index (Phi) is 2.55. The lowest BCUT2D eigenvalue weighted by atomic mass is 9.90. The number of carbonyl (C=O) groups is 1. The zero-order chi connectivity index (χ0) is 12.8. The summed E-state index contributed by atoms with van der Waals surface area (Å²) < 4.78 is 0. The van der Waals surface area contributed by atoms with Crippen LogP contribution in [0, 0.1) is 11.3 Å². The van der Waals surface area contributed by atoms with Gasteiger partial charge in [-0.15, -0.1) is 0 Å². The van der Waals surface area contributed by atoms with E-state index in [0.29, 0.717) is 12.5 Å². The second-order valence-corrected chi connectivity index (χ2v) is 5.41. The van der Waals surface area contributed by atoms with Crippen LogP contribution in [0.4, 0.5) is 4.79 Å². The molecule has 1 aliphatic heterocycles. The minimum absolute atomic E-state index is 0.00801. The third-order valence-corrected chi connectivity index (χ3v) is 4.42. The average Bonchev–Trinajstić information content (AvgIpc) is 2.95. The van der Waals surface area contributed by atoms with Gasteiger partial charge in [-0.1, -0.05) is 30.3 Å². The Morgan fingerprint density at radius 1 is 1.50 bits per heavy atom. The topological polar surface area (TPSA) is 52.6 Å². The van der Waals surface area contributed by atoms with Crippen LogP contribution < -0.4 is 5.32 Å². The maximum absolute atomic E-state index is 11.4. The highest BCUT2D eigenvalue weighted by Gasteiger charge is 2.66. The number of amides is 1. The lowest BCUT2D eigenvalue weighted by Crippen LogP contribution is -2.36. The fourth-order valence-electron chi connectivity index (χ4n) is 3.61. The molecule has 2 fully saturated rings. The molecular weight excluding hydrogens is 228 g/mol. The maximum Gasteiger partial charge on any atom is 0.407 e. The number of nitrogens with one attached hydrogen (secondary N) is 1. The average molecular weight is 246 g/mol. The van der Waals surface area contributed by atoms with Gasteiger partial charge in [0.15, 0.2) is 0 Å². The molecule has 0 spiro atoms. The van der Waals surface area contributed by atoms with E-state index in [1.807, 2.05) is 37.4 Å². The smallest absolute Gasteiger partial charge is 0.407 e. The number of fused-ring (bicyclic) bond motifs is 1. The Morgan fingerprint density at radius 2 is 2.22 bits per heavy atom. The lowest BCUT2D eigenvalue weighted by molar-refractivity contribution is 0.121. The molecule has 1 saturated carbocycles. The van der Waals surface area contributed by atoms with Crippen LogP contribution in [-0.4, -0.2) is 36.2 Å². The summed E-state index contributed by atoms with van der Waals surface area (Å²) in [5.41, 5.74) is 1.24. The van der Waals surface area contributed by atoms with Gasteiger partial charge in [-0.2, -0.15) is 0 Å². The Morgan fingerprint density at radius 3 is 2.83 bits per heavy atom. The van der Waals surface area contributed by atoms with Crippen molar-refractivity contribution in [3.63, 3.8) is 0 Å². The molecule has 4 nitrogen and oxygen atoms in total. The fourth-order valence-corrected chi connectivity index (χ4v) is 3.61. The molecule has 3 atom stereocenters. The Labute approximate surface area is 107 Å². The zero-order valence-electron chi connectivity index (χ0n) is 10.5. The molecular formula is C14H18N2O2. The van der Waals surface area contributed by atoms with Gasteiger partial charge in [0.2, 0.25) is 0 Å². The number of hydrogen-bond donors (Lipinski definition) is 2. The van der Waals surface area contributed by atoms with Crippen molar-refractivity contribution in [1.82, 2.24) is 10.2 Å². The molecule has 1 heterocycles. The van der Waals surface area contributed by atoms with Crippen molar-refractivity contribution in [3.05, 3.63) is 35.9 Å². The maximum atomic E-state index is 11.4. The molecule has 3 rings (SSSR count). The number of likely N-dealkylation sites (tertiary alicyclic amines) is 1. The summed E-state index contributed by atoms with van der Waals surface area (Å²) in [5.74, 6) is 0.520. The van der Waals surface area contributed by atoms with Gasteiger partial charge in [0.25, 0.3) is 0 Å². The molecule has 1 aromatic rings. The molecule has 2 N–H and O–H groups in total. The Hall–Kier alpha value is -1.55. The second kappa shape index (κ2) is 3.99. The molecule has 1 amide bonds. The highest BCUT2D eigenvalue weighted by molar-refractivity contribution is 5.67. The van der Waals surface area contributed by atoms with Gasteiger partial charge in [0.1, 0.15) is 0 Å². The van der Waals surface area contributed by atoms with Crippen molar-refractivity contribution < 1.29 is 9.90 Å². The summed E-state index contributed by atoms with van der Waals surface area (Å²) in [4.78, 5) is 13.0. The first-order valence-corrected chi connectivity index (χ1v) is 6.38. The van der Waals surface area contributed by atoms with E-state index >= 15 is 0 Å². The molecule has 1 aliphatic carbocycles. The first kappa shape index (κ1) is 11.5. The molecule has 18 heavy (non-hydrogen) atoms. The fraction of sp³-hybridized carbons (Fsp3) is 0.500. The monoisotopic (exact) mass is 246 g/mol. The molecule has 96 valence electrons. The van der Waals surface area contributed by atoms with Crippen molar-refractivity contribution in [3.8, 4) is 0 Å². The number of benzene rings is 1. The summed E-state index contributed by atoms with van der Waals surface area (Å²) in [6.07, 6.45) is 0.337. The summed E-state index contributed by atoms with van der Waals surface area (Å²) in [5, 5.41) is 12.6. The zero-order valence-corrected chi connectivity index (χ0v) is 10.5. The highest BCUT2D eigenvalue weighted by Crippen LogP contribution is 2.66. The number of rotatable bonds is 3. The molecule has 1 unspecified atom stereocenters. The van der Waals surface area contributed by atoms with Gasteiger partial charge in [-0.05, 0) is 24.9 Å². The minimum atomic E-state index is -0.800. The standard InChI is InChI=1S/C14H18N2O2/c1-15-9-14-7-11(14)8-16(13(17)18)12(14)10-5-3-2-4-6-10/h2-6,11-12,15H,7-9H2,1H3,(H,17,18)/t11?,12-,14-/m0/s1. The van der Waals surface area contributed by atoms with E-state index in [2.05, 4.69) is 5.32 Å². The van der Waals surface area contributed by atoms with Gasteiger partial charge < -0.3 is 15.3 Å². The number of hydrogen-bond acceptors (Lipinski definition) is 2. The SMILES string of the molecule is CNC[C@@]12CC1CN(C(=O)O)[C@H]2c1ccccc1. The van der Waals surface area contributed by atoms with Crippen LogP contribution in [0.5, 0.6) is 0 Å². The molecule has 1 aromatic carbocycles. The number of piperidine rings is 1. The minimum Gasteiger partial charge on any atom is -0.465 e. The van der Waals surface area contributed by atoms with Crippen molar-refractivity contribution in [2.24, 2.45) is 11.3 Å². The first-order chi connectivity index (χ1) is 8.69. The predicted octanol–water partition coefficient (Wildman–Crippen LogP) is 1.95. The third kappa shape index (κ3) is 1.52. The summed E-state index contributed by atoms with van der Waals surface area (Å²) >= 11 is 0. The van der Waals surface area contributed by atoms with Crippen molar-refractivity contribution in [2.45, 2.75) is 12.5 Å². The van der Waals surface area contributed by atoms with Crippen LogP contribution >= 0.6 is 0 Å². The van der Waals surface area contributed by atoms with E-state index in [-0.39, 0.29) is 11.5 Å². The Balaban J connectivity index is 1.97. The molecule has 0 radical (unpaired) electrons. The molecule has 4 heteroatoms. The van der Waals surface area contributed by atoms with Gasteiger partial charge in [-0.3, -0.25) is 0 Å². The quantitative estimate of drug-likeness (QED) is 0.857. The van der Waals surface area contributed by atoms with E-state index in [4.69, 9.17) is 0 Å². The Bertz CT molecular complexity index is 462. The molecule has 0 bridgehead atoms. The van der Waals surface area contributed by atoms with E-state index in [1.165, 1.54) is 0 Å². The van der Waals surface area contributed by atoms with Crippen LogP contribution in [-0.2, 0) is 0 Å². The van der Waals surface area contributed by atoms with Gasteiger partial charge in [-0.25, -0.2) is 4.79 Å². The van der Waals surface area contributed by atoms with Crippen LogP contribution in [0.1, 0.15) is 18.0 Å². The highest BCUT2D eigenvalue weighted by atomic mass is 16.4. The van der Waals surface area contributed by atoms with Crippen LogP contribution in [0.2, 0.25) is 0 Å². The summed E-state index contributed by atoms with van der Waals surface area (Å²) in [6, 6.07) is 10.0. The van der Waals surface area contributed by atoms with Crippen molar-refractivity contribution >= 4 is 6.09 Å². The van der Waals surface area contributed by atoms with Gasteiger partial charge in [0.05, 0.1) is 6.04 Å². The van der Waals surface area contributed by atoms with Crippen LogP contribution in [0.25, 0.3) is 0 Å². The lowest BCUT2D eigenvalue weighted by Gasteiger charge is -2.30. The largest absolute Gasteiger partial charge is 0.465 e. The third-order valence-electron chi connectivity index (χ3n) is 4.42.